The molecule has 1 amide bonds. The molecule has 7 heteroatoms. The normalized spacial score (nSPS) is 12.3. The molecule has 6 nitrogen and oxygen atoms in total. The topological polar surface area (TPSA) is 80.6 Å². The molecular weight excluding hydrogens is 531 g/mol. The Kier molecular flexibility index (Phi) is 10.1. The van der Waals surface area contributed by atoms with Gasteiger partial charge in [-0.2, -0.15) is 0 Å². The molecule has 3 aromatic carbocycles. The lowest BCUT2D eigenvalue weighted by Gasteiger charge is -2.19. The first-order chi connectivity index (χ1) is 20.2. The number of ether oxygens (including phenoxy) is 1. The Morgan fingerprint density at radius 2 is 1.57 bits per heavy atom. The lowest BCUT2D eigenvalue weighted by Crippen LogP contribution is -2.18. The minimum atomic E-state index is -0.741. The van der Waals surface area contributed by atoms with Crippen molar-refractivity contribution >= 4 is 17.6 Å². The van der Waals surface area contributed by atoms with E-state index in [1.54, 1.807) is 25.1 Å². The molecule has 42 heavy (non-hydrogen) atoms. The number of benzene rings is 3. The number of carbonyl (C=O) groups is 2. The van der Waals surface area contributed by atoms with Gasteiger partial charge in [-0.1, -0.05) is 68.5 Å². The monoisotopic (exact) mass is 568 g/mol. The first-order valence-corrected chi connectivity index (χ1v) is 14.1. The van der Waals surface area contributed by atoms with E-state index in [-0.39, 0.29) is 24.1 Å². The van der Waals surface area contributed by atoms with E-state index in [1.165, 1.54) is 19.2 Å². The maximum absolute atomic E-state index is 14.1. The van der Waals surface area contributed by atoms with Crippen LogP contribution in [0.15, 0.2) is 96.6 Å². The molecule has 0 saturated carbocycles. The van der Waals surface area contributed by atoms with Crippen molar-refractivity contribution in [2.24, 2.45) is 0 Å². The molecule has 1 heterocycles. The fraction of sp³-hybridized carbons (Fsp3) is 0.257. The number of nitrogens with one attached hydrogen (secondary N) is 1. The Bertz CT molecular complexity index is 1540. The van der Waals surface area contributed by atoms with Gasteiger partial charge in [0.1, 0.15) is 5.82 Å². The number of hydrogen-bond acceptors (Lipinski definition) is 4. The van der Waals surface area contributed by atoms with Crippen LogP contribution in [0.4, 0.5) is 10.1 Å². The molecule has 218 valence electrons. The summed E-state index contributed by atoms with van der Waals surface area (Å²) < 4.78 is 20.9. The zero-order chi connectivity index (χ0) is 30.2. The van der Waals surface area contributed by atoms with Crippen molar-refractivity contribution in [2.75, 3.05) is 12.4 Å². The number of nitrogens with zero attached hydrogens (tertiary/aromatic N) is 1. The molecule has 0 radical (unpaired) electrons. The predicted octanol–water partition coefficient (Wildman–Crippen LogP) is 7.60. The van der Waals surface area contributed by atoms with E-state index < -0.39 is 12.1 Å². The lowest BCUT2D eigenvalue weighted by molar-refractivity contribution is -0.136. The van der Waals surface area contributed by atoms with Crippen molar-refractivity contribution < 1.29 is 23.8 Å². The van der Waals surface area contributed by atoms with Gasteiger partial charge in [-0.25, -0.2) is 9.18 Å². The van der Waals surface area contributed by atoms with Gasteiger partial charge >= 0.3 is 5.97 Å². The summed E-state index contributed by atoms with van der Waals surface area (Å²) in [5, 5.41) is 14.0. The van der Waals surface area contributed by atoms with E-state index >= 15 is 0 Å². The zero-order valence-corrected chi connectivity index (χ0v) is 24.4. The van der Waals surface area contributed by atoms with Gasteiger partial charge in [0.2, 0.25) is 0 Å². The van der Waals surface area contributed by atoms with Crippen molar-refractivity contribution in [1.29, 1.82) is 0 Å². The van der Waals surface area contributed by atoms with Gasteiger partial charge in [0, 0.05) is 29.1 Å². The summed E-state index contributed by atoms with van der Waals surface area (Å²) in [7, 11) is 1.32. The molecule has 1 unspecified atom stereocenters. The highest BCUT2D eigenvalue weighted by molar-refractivity contribution is 6.12. The predicted molar refractivity (Wildman–Crippen MR) is 165 cm³/mol. The van der Waals surface area contributed by atoms with Gasteiger partial charge in [-0.05, 0) is 73.2 Å². The molecule has 1 atom stereocenters. The Morgan fingerprint density at radius 3 is 2.17 bits per heavy atom. The van der Waals surface area contributed by atoms with Gasteiger partial charge in [0.05, 0.1) is 24.5 Å². The van der Waals surface area contributed by atoms with Crippen LogP contribution in [0, 0.1) is 5.82 Å². The van der Waals surface area contributed by atoms with Crippen LogP contribution in [0.3, 0.4) is 0 Å². The second-order valence-electron chi connectivity index (χ2n) is 10.5. The fourth-order valence-electron chi connectivity index (χ4n) is 5.16. The Labute approximate surface area is 246 Å². The lowest BCUT2D eigenvalue weighted by atomic mass is 9.94. The molecule has 2 N–H and O–H groups in total. The van der Waals surface area contributed by atoms with Crippen LogP contribution in [-0.4, -0.2) is 34.8 Å². The van der Waals surface area contributed by atoms with Crippen LogP contribution in [0.2, 0.25) is 0 Å². The van der Waals surface area contributed by atoms with Crippen molar-refractivity contribution in [2.45, 2.75) is 52.2 Å². The molecule has 0 fully saturated rings. The smallest absolute Gasteiger partial charge is 0.333 e. The fourth-order valence-corrected chi connectivity index (χ4v) is 5.16. The number of para-hydroxylation sites is 1. The summed E-state index contributed by atoms with van der Waals surface area (Å²) in [6, 6.07) is 25.3. The summed E-state index contributed by atoms with van der Waals surface area (Å²) >= 11 is 0. The number of rotatable bonds is 11. The number of carbonyl (C=O) groups excluding carboxylic acids is 2. The zero-order valence-electron chi connectivity index (χ0n) is 24.4. The molecule has 0 aliphatic carbocycles. The Morgan fingerprint density at radius 1 is 0.952 bits per heavy atom. The first-order valence-electron chi connectivity index (χ1n) is 14.1. The molecule has 4 rings (SSSR count). The molecular formula is C35H37FN2O4. The number of aliphatic hydroxyl groups excluding tert-OH is 1. The van der Waals surface area contributed by atoms with Crippen molar-refractivity contribution in [3.63, 3.8) is 0 Å². The maximum atomic E-state index is 14.1. The van der Waals surface area contributed by atoms with E-state index in [1.807, 2.05) is 74.5 Å². The highest BCUT2D eigenvalue weighted by Gasteiger charge is 2.30. The molecule has 0 bridgehead atoms. The highest BCUT2D eigenvalue weighted by Crippen LogP contribution is 2.42. The minimum Gasteiger partial charge on any atom is -0.466 e. The van der Waals surface area contributed by atoms with Crippen LogP contribution in [0.5, 0.6) is 0 Å². The standard InChI is InChI=1S/C35H37FN2O4/c1-23(2)32-31(34(40)37-28-13-9-6-10-14-28)30(25-11-7-5-8-12-25)33(26-16-18-27(36)19-17-26)38(32)22-21-29(39)20-15-24(3)35(41)42-4/h5-19,23,29,39H,20-22H2,1-4H3,(H,37,40)/b24-15-. The van der Waals surface area contributed by atoms with Crippen molar-refractivity contribution in [3.05, 3.63) is 114 Å². The molecule has 0 spiro atoms. The summed E-state index contributed by atoms with van der Waals surface area (Å²) in [5.41, 5.74) is 5.59. The number of aliphatic hydroxyl groups is 1. The van der Waals surface area contributed by atoms with Gasteiger partial charge < -0.3 is 19.7 Å². The van der Waals surface area contributed by atoms with E-state index in [2.05, 4.69) is 9.88 Å². The molecule has 0 aliphatic heterocycles. The third kappa shape index (κ3) is 7.04. The first kappa shape index (κ1) is 30.5. The number of amides is 1. The molecule has 1 aromatic heterocycles. The average molecular weight is 569 g/mol. The minimum absolute atomic E-state index is 0.0585. The van der Waals surface area contributed by atoms with Crippen LogP contribution < -0.4 is 5.32 Å². The number of anilines is 1. The Hall–Kier alpha value is -4.49. The summed E-state index contributed by atoms with van der Waals surface area (Å²) in [6.45, 7) is 6.11. The van der Waals surface area contributed by atoms with Gasteiger partial charge in [0.15, 0.2) is 0 Å². The number of methoxy groups -OCH3 is 1. The number of aromatic nitrogens is 1. The van der Waals surface area contributed by atoms with Crippen LogP contribution in [0.1, 0.15) is 55.6 Å². The second-order valence-corrected chi connectivity index (χ2v) is 10.5. The summed E-state index contributed by atoms with van der Waals surface area (Å²) in [6.07, 6.45) is 1.57. The third-order valence-corrected chi connectivity index (χ3v) is 7.18. The summed E-state index contributed by atoms with van der Waals surface area (Å²) in [5.74, 6) is -1.10. The van der Waals surface area contributed by atoms with E-state index in [0.717, 1.165) is 28.1 Å². The van der Waals surface area contributed by atoms with Crippen LogP contribution in [0.25, 0.3) is 22.4 Å². The number of halogens is 1. The maximum Gasteiger partial charge on any atom is 0.333 e. The average Bonchev–Trinajstić information content (AvgIpc) is 3.35. The van der Waals surface area contributed by atoms with E-state index in [4.69, 9.17) is 4.74 Å². The van der Waals surface area contributed by atoms with Gasteiger partial charge in [0.25, 0.3) is 5.91 Å². The molecule has 0 saturated heterocycles. The van der Waals surface area contributed by atoms with Crippen molar-refractivity contribution in [1.82, 2.24) is 4.57 Å². The van der Waals surface area contributed by atoms with Crippen molar-refractivity contribution in [3.8, 4) is 22.4 Å². The van der Waals surface area contributed by atoms with E-state index in [9.17, 15) is 19.1 Å². The third-order valence-electron chi connectivity index (χ3n) is 7.18. The SMILES string of the molecule is COC(=O)/C(C)=C\CC(O)CCn1c(-c2ccc(F)cc2)c(-c2ccccc2)c(C(=O)Nc2ccccc2)c1C(C)C. The van der Waals surface area contributed by atoms with E-state index in [0.29, 0.717) is 29.8 Å². The van der Waals surface area contributed by atoms with Gasteiger partial charge in [-0.3, -0.25) is 4.79 Å². The Balaban J connectivity index is 1.88. The highest BCUT2D eigenvalue weighted by atomic mass is 19.1. The molecule has 0 aliphatic rings. The van der Waals surface area contributed by atoms with Crippen LogP contribution >= 0.6 is 0 Å². The number of esters is 1. The molecule has 4 aromatic rings. The quantitative estimate of drug-likeness (QED) is 0.144. The van der Waals surface area contributed by atoms with Crippen LogP contribution in [-0.2, 0) is 16.1 Å². The van der Waals surface area contributed by atoms with Gasteiger partial charge in [-0.15, -0.1) is 0 Å². The second kappa shape index (κ2) is 13.9. The summed E-state index contributed by atoms with van der Waals surface area (Å²) in [4.78, 5) is 25.9. The number of hydrogen-bond donors (Lipinski definition) is 2. The largest absolute Gasteiger partial charge is 0.466 e.